The molecule has 1 aliphatic rings. The molecule has 0 radical (unpaired) electrons. The summed E-state index contributed by atoms with van der Waals surface area (Å²) in [5.41, 5.74) is 2.85. The third-order valence-electron chi connectivity index (χ3n) is 6.46. The summed E-state index contributed by atoms with van der Waals surface area (Å²) in [6.07, 6.45) is 5.18. The Balaban J connectivity index is 1.36. The summed E-state index contributed by atoms with van der Waals surface area (Å²) in [6, 6.07) is 25.0. The molecule has 1 unspecified atom stereocenters. The molecule has 3 N–H and O–H groups in total. The van der Waals surface area contributed by atoms with Crippen LogP contribution in [-0.2, 0) is 22.6 Å². The number of ether oxygens (including phenoxy) is 1. The predicted molar refractivity (Wildman–Crippen MR) is 143 cm³/mol. The summed E-state index contributed by atoms with van der Waals surface area (Å²) in [4.78, 5) is 38.2. The standard InChI is InChI=1S/C30H33N3O4/c34-28(31-25-14-8-3-9-15-25)24-16-18-26(19-17-24)32-29(35)27(20-22-10-4-1-5-11-22)33-30(36)37-21-23-12-6-2-7-13-23/h1-2,4-7,10-13,16-19,25,27H,3,8-9,14-15,20-21H2,(H,31,34)(H,32,35)(H,33,36). The fourth-order valence-corrected chi connectivity index (χ4v) is 4.42. The first-order valence-electron chi connectivity index (χ1n) is 12.8. The molecule has 1 fully saturated rings. The molecule has 3 aromatic rings. The number of rotatable bonds is 9. The first kappa shape index (κ1) is 25.9. The Kier molecular flexibility index (Phi) is 9.29. The Morgan fingerprint density at radius 2 is 1.41 bits per heavy atom. The van der Waals surface area contributed by atoms with E-state index in [1.165, 1.54) is 6.42 Å². The third-order valence-corrected chi connectivity index (χ3v) is 6.46. The van der Waals surface area contributed by atoms with E-state index >= 15 is 0 Å². The molecule has 1 aliphatic carbocycles. The summed E-state index contributed by atoms with van der Waals surface area (Å²) in [7, 11) is 0. The molecule has 7 heteroatoms. The molecular weight excluding hydrogens is 466 g/mol. The van der Waals surface area contributed by atoms with Gasteiger partial charge in [0.15, 0.2) is 0 Å². The van der Waals surface area contributed by atoms with Crippen LogP contribution in [0, 0.1) is 0 Å². The molecule has 192 valence electrons. The molecule has 1 atom stereocenters. The number of carbonyl (C=O) groups is 3. The largest absolute Gasteiger partial charge is 0.445 e. The number of hydrogen-bond acceptors (Lipinski definition) is 4. The van der Waals surface area contributed by atoms with Crippen molar-refractivity contribution in [3.05, 3.63) is 102 Å². The number of benzene rings is 3. The van der Waals surface area contributed by atoms with Gasteiger partial charge in [0.05, 0.1) is 0 Å². The van der Waals surface area contributed by atoms with Gasteiger partial charge in [-0.05, 0) is 48.2 Å². The molecule has 4 rings (SSSR count). The molecule has 0 heterocycles. The number of nitrogens with one attached hydrogen (secondary N) is 3. The number of carbonyl (C=O) groups excluding carboxylic acids is 3. The SMILES string of the molecule is O=C(NC(Cc1ccccc1)C(=O)Nc1ccc(C(=O)NC2CCCCC2)cc1)OCc1ccccc1. The van der Waals surface area contributed by atoms with Crippen LogP contribution in [-0.4, -0.2) is 30.0 Å². The molecule has 0 aromatic heterocycles. The van der Waals surface area contributed by atoms with Crippen LogP contribution in [0.5, 0.6) is 0 Å². The maximum Gasteiger partial charge on any atom is 0.408 e. The van der Waals surface area contributed by atoms with Crippen molar-refractivity contribution in [2.45, 2.75) is 57.2 Å². The van der Waals surface area contributed by atoms with Gasteiger partial charge in [-0.3, -0.25) is 9.59 Å². The van der Waals surface area contributed by atoms with Crippen molar-refractivity contribution in [3.63, 3.8) is 0 Å². The quantitative estimate of drug-likeness (QED) is 0.376. The van der Waals surface area contributed by atoms with Crippen LogP contribution in [0.15, 0.2) is 84.9 Å². The van der Waals surface area contributed by atoms with Gasteiger partial charge >= 0.3 is 6.09 Å². The van der Waals surface area contributed by atoms with E-state index < -0.39 is 12.1 Å². The minimum Gasteiger partial charge on any atom is -0.445 e. The molecule has 0 aliphatic heterocycles. The zero-order valence-electron chi connectivity index (χ0n) is 20.8. The molecular formula is C30H33N3O4. The second kappa shape index (κ2) is 13.3. The lowest BCUT2D eigenvalue weighted by Crippen LogP contribution is -2.45. The van der Waals surface area contributed by atoms with Crippen molar-refractivity contribution >= 4 is 23.6 Å². The van der Waals surface area contributed by atoms with E-state index in [0.717, 1.165) is 36.8 Å². The lowest BCUT2D eigenvalue weighted by Gasteiger charge is -2.22. The van der Waals surface area contributed by atoms with E-state index in [-0.39, 0.29) is 24.5 Å². The van der Waals surface area contributed by atoms with Crippen molar-refractivity contribution in [1.29, 1.82) is 0 Å². The maximum absolute atomic E-state index is 13.1. The summed E-state index contributed by atoms with van der Waals surface area (Å²) in [5, 5.41) is 8.64. The zero-order valence-corrected chi connectivity index (χ0v) is 20.8. The van der Waals surface area contributed by atoms with Gasteiger partial charge in [0, 0.05) is 23.7 Å². The van der Waals surface area contributed by atoms with E-state index in [4.69, 9.17) is 4.74 Å². The van der Waals surface area contributed by atoms with Crippen LogP contribution < -0.4 is 16.0 Å². The van der Waals surface area contributed by atoms with Crippen LogP contribution in [0.2, 0.25) is 0 Å². The van der Waals surface area contributed by atoms with Crippen LogP contribution in [0.4, 0.5) is 10.5 Å². The van der Waals surface area contributed by atoms with Crippen LogP contribution in [0.25, 0.3) is 0 Å². The molecule has 3 amide bonds. The van der Waals surface area contributed by atoms with Gasteiger partial charge in [-0.2, -0.15) is 0 Å². The normalized spacial score (nSPS) is 14.3. The monoisotopic (exact) mass is 499 g/mol. The fourth-order valence-electron chi connectivity index (χ4n) is 4.42. The maximum atomic E-state index is 13.1. The molecule has 0 bridgehead atoms. The average Bonchev–Trinajstić information content (AvgIpc) is 2.93. The topological polar surface area (TPSA) is 96.5 Å². The van der Waals surface area contributed by atoms with Gasteiger partial charge in [0.2, 0.25) is 5.91 Å². The van der Waals surface area contributed by atoms with E-state index in [0.29, 0.717) is 17.7 Å². The highest BCUT2D eigenvalue weighted by Crippen LogP contribution is 2.18. The molecule has 3 aromatic carbocycles. The Morgan fingerprint density at radius 3 is 2.05 bits per heavy atom. The zero-order chi connectivity index (χ0) is 25.9. The van der Waals surface area contributed by atoms with Crippen molar-refractivity contribution in [1.82, 2.24) is 10.6 Å². The minimum atomic E-state index is -0.847. The average molecular weight is 500 g/mol. The highest BCUT2D eigenvalue weighted by atomic mass is 16.5. The van der Waals surface area contributed by atoms with Crippen LogP contribution in [0.1, 0.15) is 53.6 Å². The lowest BCUT2D eigenvalue weighted by atomic mass is 9.95. The van der Waals surface area contributed by atoms with E-state index in [1.807, 2.05) is 60.7 Å². The van der Waals surface area contributed by atoms with Crippen molar-refractivity contribution in [2.24, 2.45) is 0 Å². The third kappa shape index (κ3) is 8.20. The highest BCUT2D eigenvalue weighted by Gasteiger charge is 2.23. The number of hydrogen-bond donors (Lipinski definition) is 3. The Labute approximate surface area is 217 Å². The second-order valence-electron chi connectivity index (χ2n) is 9.32. The minimum absolute atomic E-state index is 0.102. The van der Waals surface area contributed by atoms with E-state index in [1.54, 1.807) is 24.3 Å². The Hall–Kier alpha value is -4.13. The van der Waals surface area contributed by atoms with Crippen molar-refractivity contribution in [3.8, 4) is 0 Å². The number of anilines is 1. The molecule has 0 spiro atoms. The van der Waals surface area contributed by atoms with Crippen LogP contribution in [0.3, 0.4) is 0 Å². The Morgan fingerprint density at radius 1 is 0.784 bits per heavy atom. The first-order chi connectivity index (χ1) is 18.1. The Bertz CT molecular complexity index is 1160. The summed E-state index contributed by atoms with van der Waals surface area (Å²) in [6.45, 7) is 0.108. The fraction of sp³-hybridized carbons (Fsp3) is 0.300. The van der Waals surface area contributed by atoms with Gasteiger partial charge in [-0.25, -0.2) is 4.79 Å². The van der Waals surface area contributed by atoms with Gasteiger partial charge in [0.1, 0.15) is 12.6 Å². The molecule has 1 saturated carbocycles. The number of alkyl carbamates (subject to hydrolysis) is 1. The van der Waals surface area contributed by atoms with Crippen molar-refractivity contribution < 1.29 is 19.1 Å². The predicted octanol–water partition coefficient (Wildman–Crippen LogP) is 5.23. The highest BCUT2D eigenvalue weighted by molar-refractivity contribution is 5.98. The smallest absolute Gasteiger partial charge is 0.408 e. The van der Waals surface area contributed by atoms with Gasteiger partial charge in [0.25, 0.3) is 5.91 Å². The molecule has 37 heavy (non-hydrogen) atoms. The number of amides is 3. The van der Waals surface area contributed by atoms with Gasteiger partial charge < -0.3 is 20.7 Å². The van der Waals surface area contributed by atoms with Gasteiger partial charge in [-0.15, -0.1) is 0 Å². The van der Waals surface area contributed by atoms with Gasteiger partial charge in [-0.1, -0.05) is 79.9 Å². The lowest BCUT2D eigenvalue weighted by molar-refractivity contribution is -0.118. The first-order valence-corrected chi connectivity index (χ1v) is 12.8. The summed E-state index contributed by atoms with van der Waals surface area (Å²) in [5.74, 6) is -0.477. The van der Waals surface area contributed by atoms with Crippen molar-refractivity contribution in [2.75, 3.05) is 5.32 Å². The molecule has 0 saturated heterocycles. The summed E-state index contributed by atoms with van der Waals surface area (Å²) < 4.78 is 5.33. The van der Waals surface area contributed by atoms with E-state index in [2.05, 4.69) is 16.0 Å². The molecule has 7 nitrogen and oxygen atoms in total. The second-order valence-corrected chi connectivity index (χ2v) is 9.32. The van der Waals surface area contributed by atoms with Crippen LogP contribution >= 0.6 is 0 Å². The van der Waals surface area contributed by atoms with E-state index in [9.17, 15) is 14.4 Å². The summed E-state index contributed by atoms with van der Waals surface area (Å²) >= 11 is 0.